The van der Waals surface area contributed by atoms with Gasteiger partial charge in [0, 0.05) is 37.7 Å². The summed E-state index contributed by atoms with van der Waals surface area (Å²) in [7, 11) is 1.32. The van der Waals surface area contributed by atoms with Gasteiger partial charge in [0.1, 0.15) is 11.3 Å². The molecular weight excluding hydrogens is 392 g/mol. The molecule has 7 heteroatoms. The number of esters is 1. The third-order valence-electron chi connectivity index (χ3n) is 4.94. The molecule has 0 N–H and O–H groups in total. The van der Waals surface area contributed by atoms with Gasteiger partial charge in [0.15, 0.2) is 6.61 Å². The van der Waals surface area contributed by atoms with Crippen LogP contribution >= 0.6 is 11.6 Å². The van der Waals surface area contributed by atoms with Crippen LogP contribution in [0.25, 0.3) is 0 Å². The van der Waals surface area contributed by atoms with Crippen LogP contribution in [0, 0.1) is 6.92 Å². The first-order valence-corrected chi connectivity index (χ1v) is 9.90. The highest BCUT2D eigenvalue weighted by Gasteiger charge is 2.22. The second kappa shape index (κ2) is 9.76. The van der Waals surface area contributed by atoms with E-state index in [4.69, 9.17) is 21.1 Å². The molecule has 3 rings (SSSR count). The number of carbonyl (C=O) groups excluding carboxylic acids is 2. The molecule has 2 aromatic carbocycles. The number of halogens is 1. The largest absolute Gasteiger partial charge is 0.483 e. The van der Waals surface area contributed by atoms with Crippen molar-refractivity contribution >= 4 is 23.5 Å². The third-order valence-corrected chi connectivity index (χ3v) is 5.19. The lowest BCUT2D eigenvalue weighted by Gasteiger charge is -2.34. The maximum absolute atomic E-state index is 12.5. The van der Waals surface area contributed by atoms with E-state index in [1.807, 2.05) is 37.3 Å². The summed E-state index contributed by atoms with van der Waals surface area (Å²) in [5, 5.41) is 0.730. The Morgan fingerprint density at radius 3 is 2.38 bits per heavy atom. The van der Waals surface area contributed by atoms with Crippen LogP contribution in [0.5, 0.6) is 5.75 Å². The molecular formula is C22H25ClN2O4. The van der Waals surface area contributed by atoms with E-state index >= 15 is 0 Å². The number of amides is 1. The normalized spacial score (nSPS) is 14.5. The van der Waals surface area contributed by atoms with Crippen molar-refractivity contribution in [3.8, 4) is 5.75 Å². The molecule has 0 atom stereocenters. The van der Waals surface area contributed by atoms with Crippen molar-refractivity contribution in [2.24, 2.45) is 0 Å². The predicted molar refractivity (Wildman–Crippen MR) is 111 cm³/mol. The van der Waals surface area contributed by atoms with Gasteiger partial charge in [-0.1, -0.05) is 35.4 Å². The molecule has 0 unspecified atom stereocenters. The molecule has 0 aromatic heterocycles. The fourth-order valence-electron chi connectivity index (χ4n) is 3.27. The van der Waals surface area contributed by atoms with E-state index in [9.17, 15) is 9.59 Å². The summed E-state index contributed by atoms with van der Waals surface area (Å²) >= 11 is 5.93. The zero-order valence-corrected chi connectivity index (χ0v) is 17.4. The number of rotatable bonds is 6. The van der Waals surface area contributed by atoms with Crippen molar-refractivity contribution in [2.45, 2.75) is 13.5 Å². The van der Waals surface area contributed by atoms with E-state index in [1.54, 1.807) is 17.0 Å². The van der Waals surface area contributed by atoms with Crippen LogP contribution in [0.15, 0.2) is 42.5 Å². The van der Waals surface area contributed by atoms with Crippen molar-refractivity contribution < 1.29 is 19.1 Å². The van der Waals surface area contributed by atoms with Gasteiger partial charge in [0.2, 0.25) is 0 Å². The Morgan fingerprint density at radius 1 is 1.03 bits per heavy atom. The van der Waals surface area contributed by atoms with Crippen LogP contribution in [-0.4, -0.2) is 61.6 Å². The molecule has 0 saturated carbocycles. The van der Waals surface area contributed by atoms with Crippen molar-refractivity contribution in [2.75, 3.05) is 39.9 Å². The molecule has 2 aromatic rings. The van der Waals surface area contributed by atoms with Crippen LogP contribution in [0.4, 0.5) is 0 Å². The summed E-state index contributed by atoms with van der Waals surface area (Å²) in [6.45, 7) is 5.50. The molecule has 1 fully saturated rings. The Bertz CT molecular complexity index is 862. The molecule has 1 aliphatic rings. The van der Waals surface area contributed by atoms with E-state index in [1.165, 1.54) is 12.7 Å². The number of methoxy groups -OCH3 is 1. The Hall–Kier alpha value is -2.57. The summed E-state index contributed by atoms with van der Waals surface area (Å²) < 4.78 is 10.4. The number of piperazine rings is 1. The van der Waals surface area contributed by atoms with Crippen LogP contribution in [0.3, 0.4) is 0 Å². The number of ether oxygens (including phenoxy) is 2. The second-order valence-electron chi connectivity index (χ2n) is 7.06. The van der Waals surface area contributed by atoms with Gasteiger partial charge in [-0.15, -0.1) is 0 Å². The van der Waals surface area contributed by atoms with Crippen LogP contribution in [0.2, 0.25) is 5.02 Å². The lowest BCUT2D eigenvalue weighted by atomic mass is 10.1. The molecule has 0 bridgehead atoms. The SMILES string of the molecule is COC(=O)c1cc(C)ccc1OCC(=O)N1CCN(Cc2ccc(Cl)cc2)CC1. The first kappa shape index (κ1) is 21.1. The van der Waals surface area contributed by atoms with Crippen LogP contribution < -0.4 is 4.74 Å². The highest BCUT2D eigenvalue weighted by Crippen LogP contribution is 2.21. The monoisotopic (exact) mass is 416 g/mol. The minimum atomic E-state index is -0.480. The first-order chi connectivity index (χ1) is 14.0. The maximum Gasteiger partial charge on any atom is 0.341 e. The highest BCUT2D eigenvalue weighted by molar-refractivity contribution is 6.30. The fourth-order valence-corrected chi connectivity index (χ4v) is 3.40. The van der Waals surface area contributed by atoms with E-state index in [2.05, 4.69) is 4.90 Å². The Balaban J connectivity index is 1.50. The number of benzene rings is 2. The summed E-state index contributed by atoms with van der Waals surface area (Å²) in [5.41, 5.74) is 2.45. The van der Waals surface area contributed by atoms with Crippen LogP contribution in [0.1, 0.15) is 21.5 Å². The molecule has 1 amide bonds. The lowest BCUT2D eigenvalue weighted by Crippen LogP contribution is -2.49. The standard InChI is InChI=1S/C22H25ClN2O4/c1-16-3-8-20(19(13-16)22(27)28-2)29-15-21(26)25-11-9-24(10-12-25)14-17-4-6-18(23)7-5-17/h3-8,13H,9-12,14-15H2,1-2H3. The van der Waals surface area contributed by atoms with Crippen molar-refractivity contribution in [1.82, 2.24) is 9.80 Å². The number of hydrogen-bond acceptors (Lipinski definition) is 5. The zero-order valence-electron chi connectivity index (χ0n) is 16.7. The van der Waals surface area contributed by atoms with Crippen molar-refractivity contribution in [1.29, 1.82) is 0 Å². The molecule has 1 aliphatic heterocycles. The maximum atomic E-state index is 12.5. The zero-order chi connectivity index (χ0) is 20.8. The van der Waals surface area contributed by atoms with E-state index < -0.39 is 5.97 Å². The molecule has 0 spiro atoms. The predicted octanol–water partition coefficient (Wildman–Crippen LogP) is 3.16. The number of hydrogen-bond donors (Lipinski definition) is 0. The van der Waals surface area contributed by atoms with Crippen molar-refractivity contribution in [3.63, 3.8) is 0 Å². The van der Waals surface area contributed by atoms with Gasteiger partial charge < -0.3 is 14.4 Å². The smallest absolute Gasteiger partial charge is 0.341 e. The van der Waals surface area contributed by atoms with Gasteiger partial charge in [-0.3, -0.25) is 9.69 Å². The van der Waals surface area contributed by atoms with Gasteiger partial charge in [0.25, 0.3) is 5.91 Å². The minimum absolute atomic E-state index is 0.0902. The Morgan fingerprint density at radius 2 is 1.72 bits per heavy atom. The molecule has 1 heterocycles. The highest BCUT2D eigenvalue weighted by atomic mass is 35.5. The molecule has 1 saturated heterocycles. The molecule has 154 valence electrons. The van der Waals surface area contributed by atoms with Gasteiger partial charge in [-0.05, 0) is 36.8 Å². The first-order valence-electron chi connectivity index (χ1n) is 9.52. The lowest BCUT2D eigenvalue weighted by molar-refractivity contribution is -0.135. The summed E-state index contributed by atoms with van der Waals surface area (Å²) in [6.07, 6.45) is 0. The Labute approximate surface area is 176 Å². The molecule has 0 radical (unpaired) electrons. The summed E-state index contributed by atoms with van der Waals surface area (Å²) in [5.74, 6) is -0.211. The number of nitrogens with zero attached hydrogens (tertiary/aromatic N) is 2. The van der Waals surface area contributed by atoms with E-state index in [-0.39, 0.29) is 12.5 Å². The van der Waals surface area contributed by atoms with E-state index in [0.29, 0.717) is 24.4 Å². The van der Waals surface area contributed by atoms with Gasteiger partial charge >= 0.3 is 5.97 Å². The average molecular weight is 417 g/mol. The van der Waals surface area contributed by atoms with E-state index in [0.717, 1.165) is 30.2 Å². The van der Waals surface area contributed by atoms with Gasteiger partial charge in [0.05, 0.1) is 7.11 Å². The average Bonchev–Trinajstić information content (AvgIpc) is 2.74. The van der Waals surface area contributed by atoms with Gasteiger partial charge in [-0.2, -0.15) is 0 Å². The second-order valence-corrected chi connectivity index (χ2v) is 7.50. The molecule has 29 heavy (non-hydrogen) atoms. The number of aryl methyl sites for hydroxylation is 1. The van der Waals surface area contributed by atoms with Crippen molar-refractivity contribution in [3.05, 3.63) is 64.2 Å². The Kier molecular flexibility index (Phi) is 7.12. The topological polar surface area (TPSA) is 59.1 Å². The molecule has 0 aliphatic carbocycles. The number of carbonyl (C=O) groups is 2. The van der Waals surface area contributed by atoms with Crippen LogP contribution in [-0.2, 0) is 16.1 Å². The minimum Gasteiger partial charge on any atom is -0.483 e. The summed E-state index contributed by atoms with van der Waals surface area (Å²) in [4.78, 5) is 28.6. The fraction of sp³-hybridized carbons (Fsp3) is 0.364. The third kappa shape index (κ3) is 5.71. The summed E-state index contributed by atoms with van der Waals surface area (Å²) in [6, 6.07) is 13.0. The quantitative estimate of drug-likeness (QED) is 0.677. The molecule has 6 nitrogen and oxygen atoms in total. The van der Waals surface area contributed by atoms with Gasteiger partial charge in [-0.25, -0.2) is 4.79 Å².